The molecule has 0 rings (SSSR count). The van der Waals surface area contributed by atoms with Gasteiger partial charge in [0.05, 0.1) is 22.9 Å². The first-order valence-electron chi connectivity index (χ1n) is 1.68. The summed E-state index contributed by atoms with van der Waals surface area (Å²) in [5.74, 6) is -0.587. The highest BCUT2D eigenvalue weighted by molar-refractivity contribution is 14.1. The summed E-state index contributed by atoms with van der Waals surface area (Å²) in [4.78, 5) is 18.9. The van der Waals surface area contributed by atoms with Crippen LogP contribution < -0.4 is 3.53 Å². The maximum atomic E-state index is 10.1. The lowest BCUT2D eigenvalue weighted by Gasteiger charge is -1.87. The van der Waals surface area contributed by atoms with Crippen LogP contribution in [0.4, 0.5) is 0 Å². The molecule has 8 heavy (non-hydrogen) atoms. The molecular weight excluding hydrogens is 227 g/mol. The average Bonchev–Trinajstić information content (AvgIpc) is 1.65. The minimum absolute atomic E-state index is 0.587. The zero-order chi connectivity index (χ0) is 6.57. The molecule has 0 fully saturated rings. The third kappa shape index (κ3) is 3.78. The van der Waals surface area contributed by atoms with Crippen molar-refractivity contribution in [1.82, 2.24) is 3.53 Å². The van der Waals surface area contributed by atoms with Crippen molar-refractivity contribution >= 4 is 28.8 Å². The van der Waals surface area contributed by atoms with Crippen LogP contribution in [0.1, 0.15) is 0 Å². The van der Waals surface area contributed by atoms with Gasteiger partial charge in [0.2, 0.25) is 0 Å². The lowest BCUT2D eigenvalue weighted by Crippen LogP contribution is -2.21. The minimum atomic E-state index is -0.687. The van der Waals surface area contributed by atoms with E-state index >= 15 is 0 Å². The highest BCUT2D eigenvalue weighted by Gasteiger charge is 2.04. The van der Waals surface area contributed by atoms with Gasteiger partial charge < -0.3 is 0 Å². The third-order valence-electron chi connectivity index (χ3n) is 0.378. The summed E-state index contributed by atoms with van der Waals surface area (Å²) in [6.45, 7) is -0.650. The van der Waals surface area contributed by atoms with Crippen molar-refractivity contribution < 1.29 is 9.72 Å². The summed E-state index contributed by atoms with van der Waals surface area (Å²) in [6.07, 6.45) is 0. The van der Waals surface area contributed by atoms with E-state index < -0.39 is 17.4 Å². The summed E-state index contributed by atoms with van der Waals surface area (Å²) in [7, 11) is 0. The van der Waals surface area contributed by atoms with E-state index in [1.165, 1.54) is 0 Å². The number of carbonyl (C=O) groups is 1. The van der Waals surface area contributed by atoms with Gasteiger partial charge in [0.15, 0.2) is 0 Å². The smallest absolute Gasteiger partial charge is 0.293 e. The van der Waals surface area contributed by atoms with Crippen LogP contribution in [0.5, 0.6) is 0 Å². The zero-order valence-corrected chi connectivity index (χ0v) is 5.91. The van der Waals surface area contributed by atoms with Gasteiger partial charge in [0, 0.05) is 4.92 Å². The van der Waals surface area contributed by atoms with Gasteiger partial charge >= 0.3 is 0 Å². The van der Waals surface area contributed by atoms with E-state index in [1.54, 1.807) is 22.9 Å². The molecule has 0 bridgehead atoms. The molecule has 0 aliphatic rings. The van der Waals surface area contributed by atoms with E-state index in [0.29, 0.717) is 0 Å². The van der Waals surface area contributed by atoms with Crippen LogP contribution in [0, 0.1) is 10.1 Å². The second-order valence-corrected chi connectivity index (χ2v) is 1.55. The van der Waals surface area contributed by atoms with Gasteiger partial charge in [-0.05, 0) is 0 Å². The molecule has 0 radical (unpaired) electrons. The van der Waals surface area contributed by atoms with Crippen molar-refractivity contribution in [2.24, 2.45) is 0 Å². The molecule has 0 spiro atoms. The number of nitro groups is 1. The molecule has 0 aliphatic heterocycles. The van der Waals surface area contributed by atoms with Gasteiger partial charge in [-0.15, -0.1) is 0 Å². The van der Waals surface area contributed by atoms with Crippen LogP contribution in [0.3, 0.4) is 0 Å². The topological polar surface area (TPSA) is 72.2 Å². The quantitative estimate of drug-likeness (QED) is 0.307. The number of nitrogens with zero attached hydrogens (tertiary/aromatic N) is 1. The number of rotatable bonds is 2. The van der Waals surface area contributed by atoms with Crippen LogP contribution >= 0.6 is 22.9 Å². The molecule has 0 aromatic heterocycles. The van der Waals surface area contributed by atoms with Crippen LogP contribution in [0.15, 0.2) is 0 Å². The number of hydrogen-bond acceptors (Lipinski definition) is 3. The summed E-state index contributed by atoms with van der Waals surface area (Å²) in [6, 6.07) is 0. The van der Waals surface area contributed by atoms with Crippen LogP contribution in [0.25, 0.3) is 0 Å². The molecule has 0 unspecified atom stereocenters. The largest absolute Gasteiger partial charge is 0.300 e. The maximum absolute atomic E-state index is 10.1. The van der Waals surface area contributed by atoms with E-state index in [-0.39, 0.29) is 0 Å². The predicted molar refractivity (Wildman–Crippen MR) is 34.0 cm³/mol. The fourth-order valence-corrected chi connectivity index (χ4v) is 0.318. The molecule has 0 atom stereocenters. The molecule has 0 aliphatic carbocycles. The van der Waals surface area contributed by atoms with Crippen molar-refractivity contribution in [3.63, 3.8) is 0 Å². The Balaban J connectivity index is 3.40. The van der Waals surface area contributed by atoms with Crippen molar-refractivity contribution in [3.05, 3.63) is 10.1 Å². The van der Waals surface area contributed by atoms with Gasteiger partial charge in [-0.3, -0.25) is 18.4 Å². The van der Waals surface area contributed by atoms with Crippen LogP contribution in [-0.4, -0.2) is 17.4 Å². The lowest BCUT2D eigenvalue weighted by molar-refractivity contribution is -0.467. The van der Waals surface area contributed by atoms with Gasteiger partial charge in [-0.2, -0.15) is 0 Å². The average molecular weight is 230 g/mol. The molecule has 6 heteroatoms. The minimum Gasteiger partial charge on any atom is -0.293 e. The van der Waals surface area contributed by atoms with Crippen LogP contribution in [-0.2, 0) is 4.79 Å². The molecule has 46 valence electrons. The zero-order valence-electron chi connectivity index (χ0n) is 3.76. The fourth-order valence-electron chi connectivity index (χ4n) is 0.147. The van der Waals surface area contributed by atoms with Crippen LogP contribution in [0.2, 0.25) is 0 Å². The van der Waals surface area contributed by atoms with Crippen molar-refractivity contribution in [2.75, 3.05) is 6.54 Å². The third-order valence-corrected chi connectivity index (χ3v) is 0.980. The van der Waals surface area contributed by atoms with E-state index in [9.17, 15) is 14.9 Å². The number of hydrogen-bond donors (Lipinski definition) is 1. The van der Waals surface area contributed by atoms with Crippen molar-refractivity contribution in [1.29, 1.82) is 0 Å². The Bertz CT molecular complexity index is 114. The second kappa shape index (κ2) is 3.58. The number of halogens is 1. The molecule has 1 amide bonds. The normalized spacial score (nSPS) is 8.12. The number of nitrogens with one attached hydrogen (secondary N) is 1. The summed E-state index contributed by atoms with van der Waals surface area (Å²) in [5, 5.41) is 9.51. The molecule has 0 aromatic rings. The Morgan fingerprint density at radius 2 is 2.38 bits per heavy atom. The summed E-state index contributed by atoms with van der Waals surface area (Å²) in [5.41, 5.74) is 0. The molecule has 1 N–H and O–H groups in total. The molecule has 0 saturated carbocycles. The summed E-state index contributed by atoms with van der Waals surface area (Å²) < 4.78 is 2.09. The highest BCUT2D eigenvalue weighted by atomic mass is 127. The van der Waals surface area contributed by atoms with E-state index in [4.69, 9.17) is 0 Å². The Kier molecular flexibility index (Phi) is 3.40. The maximum Gasteiger partial charge on any atom is 0.300 e. The second-order valence-electron chi connectivity index (χ2n) is 1.01. The van der Waals surface area contributed by atoms with E-state index in [1.807, 2.05) is 0 Å². The summed E-state index contributed by atoms with van der Waals surface area (Å²) >= 11 is 1.54. The number of amides is 1. The Hall–Kier alpha value is -0.400. The van der Waals surface area contributed by atoms with Gasteiger partial charge in [0.1, 0.15) is 0 Å². The van der Waals surface area contributed by atoms with Crippen molar-refractivity contribution in [2.45, 2.75) is 0 Å². The van der Waals surface area contributed by atoms with Gasteiger partial charge in [-0.25, -0.2) is 0 Å². The van der Waals surface area contributed by atoms with Gasteiger partial charge in [0.25, 0.3) is 12.5 Å². The molecule has 0 saturated heterocycles. The number of carbonyl (C=O) groups excluding carboxylic acids is 1. The Labute approximate surface area is 59.1 Å². The first-order valence-corrected chi connectivity index (χ1v) is 2.76. The first kappa shape index (κ1) is 7.60. The first-order chi connectivity index (χ1) is 3.66. The molecular formula is C2H3IN2O3. The SMILES string of the molecule is O=C(C[N+](=O)[O-])NI. The Morgan fingerprint density at radius 1 is 1.88 bits per heavy atom. The predicted octanol–water partition coefficient (Wildman–Crippen LogP) is -0.271. The fraction of sp³-hybridized carbons (Fsp3) is 0.500. The Morgan fingerprint density at radius 3 is 2.50 bits per heavy atom. The monoisotopic (exact) mass is 230 g/mol. The van der Waals surface area contributed by atoms with Gasteiger partial charge in [-0.1, -0.05) is 0 Å². The standard InChI is InChI=1S/C2H3IN2O3/c3-4-2(6)1-5(7)8/h1H2,(H,4,6). The molecule has 0 aromatic carbocycles. The van der Waals surface area contributed by atoms with E-state index in [2.05, 4.69) is 3.53 Å². The van der Waals surface area contributed by atoms with E-state index in [0.717, 1.165) is 0 Å². The lowest BCUT2D eigenvalue weighted by atomic mass is 10.7. The molecule has 5 nitrogen and oxygen atoms in total. The highest BCUT2D eigenvalue weighted by Crippen LogP contribution is 1.73. The molecule has 0 heterocycles. The van der Waals surface area contributed by atoms with Crippen molar-refractivity contribution in [3.8, 4) is 0 Å².